The van der Waals surface area contributed by atoms with Crippen LogP contribution in [0.3, 0.4) is 0 Å². The lowest BCUT2D eigenvalue weighted by atomic mass is 10.1. The van der Waals surface area contributed by atoms with E-state index >= 15 is 0 Å². The lowest BCUT2D eigenvalue weighted by Crippen LogP contribution is -2.24. The lowest BCUT2D eigenvalue weighted by molar-refractivity contribution is -0.118. The zero-order chi connectivity index (χ0) is 20.2. The van der Waals surface area contributed by atoms with Crippen molar-refractivity contribution in [2.75, 3.05) is 12.5 Å². The van der Waals surface area contributed by atoms with Gasteiger partial charge in [-0.25, -0.2) is 4.98 Å². The Hall–Kier alpha value is -3.24. The third kappa shape index (κ3) is 4.28. The topological polar surface area (TPSA) is 84.2 Å². The molecular weight excluding hydrogens is 386 g/mol. The maximum absolute atomic E-state index is 12.3. The summed E-state index contributed by atoms with van der Waals surface area (Å²) in [5, 5.41) is 13.9. The molecular formula is C22H19N3O3S. The number of thioether (sulfide) groups is 1. The molecule has 2 heterocycles. The van der Waals surface area contributed by atoms with Crippen molar-refractivity contribution >= 4 is 28.6 Å². The van der Waals surface area contributed by atoms with Gasteiger partial charge >= 0.3 is 0 Å². The first-order chi connectivity index (χ1) is 14.2. The minimum Gasteiger partial charge on any atom is -0.454 e. The van der Waals surface area contributed by atoms with Crippen LogP contribution in [0, 0.1) is 11.3 Å². The number of aromatic nitrogens is 1. The highest BCUT2D eigenvalue weighted by Crippen LogP contribution is 2.32. The summed E-state index contributed by atoms with van der Waals surface area (Å²) in [6.07, 6.45) is 0.928. The SMILES string of the molecule is CCc1ccc2nc(SCC(=O)NCc3ccc4c(c3)OCO4)c(C#N)cc2c1. The first kappa shape index (κ1) is 19.1. The van der Waals surface area contributed by atoms with Crippen molar-refractivity contribution in [1.82, 2.24) is 10.3 Å². The number of benzene rings is 2. The zero-order valence-corrected chi connectivity index (χ0v) is 16.7. The number of amides is 1. The maximum Gasteiger partial charge on any atom is 0.231 e. The number of carbonyl (C=O) groups excluding carboxylic acids is 1. The first-order valence-electron chi connectivity index (χ1n) is 9.28. The van der Waals surface area contributed by atoms with Crippen LogP contribution in [-0.4, -0.2) is 23.4 Å². The molecule has 4 rings (SSSR count). The number of nitrogens with one attached hydrogen (secondary N) is 1. The van der Waals surface area contributed by atoms with Crippen LogP contribution in [0.1, 0.15) is 23.6 Å². The van der Waals surface area contributed by atoms with Crippen molar-refractivity contribution in [1.29, 1.82) is 5.26 Å². The molecule has 0 atom stereocenters. The van der Waals surface area contributed by atoms with Gasteiger partial charge in [0.15, 0.2) is 11.5 Å². The number of aryl methyl sites for hydroxylation is 1. The van der Waals surface area contributed by atoms with Crippen molar-refractivity contribution in [2.45, 2.75) is 24.9 Å². The van der Waals surface area contributed by atoms with Crippen LogP contribution in [-0.2, 0) is 17.8 Å². The van der Waals surface area contributed by atoms with Crippen molar-refractivity contribution in [3.8, 4) is 17.6 Å². The van der Waals surface area contributed by atoms with E-state index in [-0.39, 0.29) is 18.5 Å². The van der Waals surface area contributed by atoms with Gasteiger partial charge in [-0.2, -0.15) is 5.26 Å². The molecule has 1 aliphatic heterocycles. The Kier molecular flexibility index (Phi) is 5.54. The van der Waals surface area contributed by atoms with Crippen molar-refractivity contribution in [3.05, 3.63) is 59.2 Å². The molecule has 1 N–H and O–H groups in total. The standard InChI is InChI=1S/C22H19N3O3S/c1-2-14-3-5-18-16(7-14)9-17(10-23)22(25-18)29-12-21(26)24-11-15-4-6-19-20(8-15)28-13-27-19/h3-9H,2,11-13H2,1H3,(H,24,26). The maximum atomic E-state index is 12.3. The van der Waals surface area contributed by atoms with E-state index in [4.69, 9.17) is 9.47 Å². The molecule has 6 nitrogen and oxygen atoms in total. The number of carbonyl (C=O) groups is 1. The van der Waals surface area contributed by atoms with Gasteiger partial charge in [-0.15, -0.1) is 0 Å². The number of fused-ring (bicyclic) bond motifs is 2. The Morgan fingerprint density at radius 2 is 2.00 bits per heavy atom. The van der Waals surface area contributed by atoms with Gasteiger partial charge in [0.2, 0.25) is 12.7 Å². The van der Waals surface area contributed by atoms with E-state index in [2.05, 4.69) is 29.4 Å². The quantitative estimate of drug-likeness (QED) is 0.628. The first-order valence-corrected chi connectivity index (χ1v) is 10.3. The van der Waals surface area contributed by atoms with Gasteiger partial charge < -0.3 is 14.8 Å². The fraction of sp³-hybridized carbons (Fsp3) is 0.227. The molecule has 1 aromatic heterocycles. The summed E-state index contributed by atoms with van der Waals surface area (Å²) in [5.41, 5.74) is 3.44. The molecule has 146 valence electrons. The van der Waals surface area contributed by atoms with Crippen LogP contribution < -0.4 is 14.8 Å². The summed E-state index contributed by atoms with van der Waals surface area (Å²) < 4.78 is 10.6. The number of nitrogens with zero attached hydrogens (tertiary/aromatic N) is 2. The Morgan fingerprint density at radius 1 is 1.17 bits per heavy atom. The monoisotopic (exact) mass is 405 g/mol. The van der Waals surface area contributed by atoms with E-state index in [1.807, 2.05) is 36.4 Å². The number of hydrogen-bond donors (Lipinski definition) is 1. The molecule has 29 heavy (non-hydrogen) atoms. The van der Waals surface area contributed by atoms with Gasteiger partial charge in [0, 0.05) is 11.9 Å². The number of nitriles is 1. The molecule has 0 saturated heterocycles. The number of ether oxygens (including phenoxy) is 2. The van der Waals surface area contributed by atoms with E-state index in [9.17, 15) is 10.1 Å². The van der Waals surface area contributed by atoms with Gasteiger partial charge in [0.05, 0.1) is 16.8 Å². The highest BCUT2D eigenvalue weighted by molar-refractivity contribution is 8.00. The second kappa shape index (κ2) is 8.41. The van der Waals surface area contributed by atoms with Gasteiger partial charge in [-0.3, -0.25) is 4.79 Å². The van der Waals surface area contributed by atoms with E-state index in [1.54, 1.807) is 0 Å². The van der Waals surface area contributed by atoms with Crippen LogP contribution in [0.5, 0.6) is 11.5 Å². The fourth-order valence-electron chi connectivity index (χ4n) is 3.05. The Bertz CT molecular complexity index is 1120. The second-order valence-corrected chi connectivity index (χ2v) is 7.55. The predicted molar refractivity (Wildman–Crippen MR) is 111 cm³/mol. The number of hydrogen-bond acceptors (Lipinski definition) is 6. The van der Waals surface area contributed by atoms with Crippen LogP contribution in [0.15, 0.2) is 47.5 Å². The third-order valence-electron chi connectivity index (χ3n) is 4.64. The van der Waals surface area contributed by atoms with E-state index in [1.165, 1.54) is 17.3 Å². The lowest BCUT2D eigenvalue weighted by Gasteiger charge is -2.08. The fourth-order valence-corrected chi connectivity index (χ4v) is 3.85. The van der Waals surface area contributed by atoms with Crippen LogP contribution in [0.25, 0.3) is 10.9 Å². The highest BCUT2D eigenvalue weighted by Gasteiger charge is 2.14. The summed E-state index contributed by atoms with van der Waals surface area (Å²) in [6.45, 7) is 2.71. The van der Waals surface area contributed by atoms with Gasteiger partial charge in [0.25, 0.3) is 0 Å². The molecule has 0 bridgehead atoms. The van der Waals surface area contributed by atoms with E-state index < -0.39 is 0 Å². The minimum atomic E-state index is -0.125. The van der Waals surface area contributed by atoms with E-state index in [0.717, 1.165) is 22.9 Å². The minimum absolute atomic E-state index is 0.125. The van der Waals surface area contributed by atoms with Crippen molar-refractivity contribution in [3.63, 3.8) is 0 Å². The molecule has 0 unspecified atom stereocenters. The van der Waals surface area contributed by atoms with Crippen molar-refractivity contribution in [2.24, 2.45) is 0 Å². The van der Waals surface area contributed by atoms with Crippen LogP contribution in [0.2, 0.25) is 0 Å². The summed E-state index contributed by atoms with van der Waals surface area (Å²) in [4.78, 5) is 16.9. The molecule has 3 aromatic rings. The Balaban J connectivity index is 1.39. The summed E-state index contributed by atoms with van der Waals surface area (Å²) in [6, 6.07) is 15.7. The normalized spacial score (nSPS) is 12.0. The van der Waals surface area contributed by atoms with Gasteiger partial charge in [-0.1, -0.05) is 30.8 Å². The molecule has 2 aromatic carbocycles. The molecule has 0 fully saturated rings. The van der Waals surface area contributed by atoms with Gasteiger partial charge in [-0.05, 0) is 47.9 Å². The highest BCUT2D eigenvalue weighted by atomic mass is 32.2. The molecule has 0 saturated carbocycles. The smallest absolute Gasteiger partial charge is 0.231 e. The molecule has 1 amide bonds. The van der Waals surface area contributed by atoms with Crippen molar-refractivity contribution < 1.29 is 14.3 Å². The van der Waals surface area contributed by atoms with Crippen LogP contribution >= 0.6 is 11.8 Å². The second-order valence-electron chi connectivity index (χ2n) is 6.59. The molecule has 0 radical (unpaired) electrons. The molecule has 1 aliphatic rings. The largest absolute Gasteiger partial charge is 0.454 e. The summed E-state index contributed by atoms with van der Waals surface area (Å²) in [7, 11) is 0. The zero-order valence-electron chi connectivity index (χ0n) is 15.9. The average molecular weight is 405 g/mol. The predicted octanol–water partition coefficient (Wildman–Crippen LogP) is 3.81. The third-order valence-corrected chi connectivity index (χ3v) is 5.63. The molecule has 0 aliphatic carbocycles. The summed E-state index contributed by atoms with van der Waals surface area (Å²) in [5.74, 6) is 1.47. The number of rotatable bonds is 6. The van der Waals surface area contributed by atoms with E-state index in [0.29, 0.717) is 28.6 Å². The van der Waals surface area contributed by atoms with Crippen LogP contribution in [0.4, 0.5) is 0 Å². The number of pyridine rings is 1. The van der Waals surface area contributed by atoms with Gasteiger partial charge in [0.1, 0.15) is 11.1 Å². The summed E-state index contributed by atoms with van der Waals surface area (Å²) >= 11 is 1.27. The Morgan fingerprint density at radius 3 is 2.83 bits per heavy atom. The Labute approximate surface area is 172 Å². The molecule has 0 spiro atoms. The average Bonchev–Trinajstić information content (AvgIpc) is 3.23. The molecule has 7 heteroatoms.